The number of methoxy groups -OCH3 is 1. The average Bonchev–Trinajstić information content (AvgIpc) is 2.36. The maximum atomic E-state index is 13.8. The minimum Gasteiger partial charge on any atom is -0.492 e. The number of carbonyl (C=O) groups excluding carboxylic acids is 1. The number of primary sulfonamides is 1. The van der Waals surface area contributed by atoms with Crippen molar-refractivity contribution in [1.82, 2.24) is 5.32 Å². The highest BCUT2D eigenvalue weighted by Crippen LogP contribution is 2.27. The second-order valence-electron chi connectivity index (χ2n) is 4.97. The van der Waals surface area contributed by atoms with Gasteiger partial charge >= 0.3 is 0 Å². The second kappa shape index (κ2) is 6.86. The molecule has 0 atom stereocenters. The SMILES string of the molecule is COc1c(F)cc(C(=O)NCCC(C)C)cc1S(N)(=O)=O. The molecule has 1 aromatic rings. The average molecular weight is 318 g/mol. The molecule has 0 aliphatic heterocycles. The van der Waals surface area contributed by atoms with Gasteiger partial charge in [0, 0.05) is 12.1 Å². The maximum absolute atomic E-state index is 13.8. The number of ether oxygens (including phenoxy) is 1. The lowest BCUT2D eigenvalue weighted by Gasteiger charge is -2.11. The Morgan fingerprint density at radius 3 is 2.52 bits per heavy atom. The molecule has 6 nitrogen and oxygen atoms in total. The van der Waals surface area contributed by atoms with Crippen molar-refractivity contribution in [3.63, 3.8) is 0 Å². The summed E-state index contributed by atoms with van der Waals surface area (Å²) in [5.41, 5.74) is -0.124. The van der Waals surface area contributed by atoms with Gasteiger partial charge in [-0.1, -0.05) is 13.8 Å². The Morgan fingerprint density at radius 2 is 2.05 bits per heavy atom. The minimum absolute atomic E-state index is 0.124. The van der Waals surface area contributed by atoms with Gasteiger partial charge < -0.3 is 10.1 Å². The van der Waals surface area contributed by atoms with Crippen LogP contribution in [0.4, 0.5) is 4.39 Å². The number of nitrogens with one attached hydrogen (secondary N) is 1. The third-order valence-corrected chi connectivity index (χ3v) is 3.71. The van der Waals surface area contributed by atoms with E-state index < -0.39 is 32.4 Å². The Balaban J connectivity index is 3.10. The molecule has 0 saturated heterocycles. The highest BCUT2D eigenvalue weighted by atomic mass is 32.2. The predicted molar refractivity (Wildman–Crippen MR) is 76.1 cm³/mol. The Hall–Kier alpha value is -1.67. The minimum atomic E-state index is -4.20. The lowest BCUT2D eigenvalue weighted by atomic mass is 10.1. The fourth-order valence-electron chi connectivity index (χ4n) is 1.69. The number of hydrogen-bond donors (Lipinski definition) is 2. The first-order valence-electron chi connectivity index (χ1n) is 6.35. The zero-order chi connectivity index (χ0) is 16.2. The third-order valence-electron chi connectivity index (χ3n) is 2.79. The van der Waals surface area contributed by atoms with Crippen molar-refractivity contribution in [3.8, 4) is 5.75 Å². The van der Waals surface area contributed by atoms with Crippen molar-refractivity contribution >= 4 is 15.9 Å². The number of carbonyl (C=O) groups is 1. The highest BCUT2D eigenvalue weighted by Gasteiger charge is 2.22. The summed E-state index contributed by atoms with van der Waals surface area (Å²) in [5, 5.41) is 7.60. The van der Waals surface area contributed by atoms with Gasteiger partial charge in [0.1, 0.15) is 4.90 Å². The lowest BCUT2D eigenvalue weighted by molar-refractivity contribution is 0.0951. The van der Waals surface area contributed by atoms with Gasteiger partial charge in [-0.3, -0.25) is 4.79 Å². The van der Waals surface area contributed by atoms with Crippen molar-refractivity contribution in [2.75, 3.05) is 13.7 Å². The van der Waals surface area contributed by atoms with Gasteiger partial charge in [0.2, 0.25) is 10.0 Å². The molecule has 118 valence electrons. The van der Waals surface area contributed by atoms with E-state index in [0.29, 0.717) is 12.5 Å². The maximum Gasteiger partial charge on any atom is 0.251 e. The summed E-state index contributed by atoms with van der Waals surface area (Å²) >= 11 is 0. The van der Waals surface area contributed by atoms with Gasteiger partial charge in [-0.2, -0.15) is 0 Å². The van der Waals surface area contributed by atoms with Crippen LogP contribution in [0.3, 0.4) is 0 Å². The molecular weight excluding hydrogens is 299 g/mol. The summed E-state index contributed by atoms with van der Waals surface area (Å²) in [6.07, 6.45) is 0.756. The van der Waals surface area contributed by atoms with Crippen molar-refractivity contribution < 1.29 is 22.3 Å². The molecule has 1 amide bonds. The van der Waals surface area contributed by atoms with Crippen LogP contribution >= 0.6 is 0 Å². The Kier molecular flexibility index (Phi) is 5.68. The lowest BCUT2D eigenvalue weighted by Crippen LogP contribution is -2.26. The number of nitrogens with two attached hydrogens (primary N) is 1. The molecule has 0 saturated carbocycles. The van der Waals surface area contributed by atoms with Gasteiger partial charge in [0.05, 0.1) is 7.11 Å². The van der Waals surface area contributed by atoms with Gasteiger partial charge in [0.15, 0.2) is 11.6 Å². The summed E-state index contributed by atoms with van der Waals surface area (Å²) in [7, 11) is -3.08. The first-order valence-corrected chi connectivity index (χ1v) is 7.90. The summed E-state index contributed by atoms with van der Waals surface area (Å²) in [6, 6.07) is 1.92. The van der Waals surface area contributed by atoms with E-state index in [2.05, 4.69) is 10.1 Å². The molecule has 0 bridgehead atoms. The van der Waals surface area contributed by atoms with Gasteiger partial charge in [-0.05, 0) is 24.5 Å². The largest absolute Gasteiger partial charge is 0.492 e. The van der Waals surface area contributed by atoms with E-state index >= 15 is 0 Å². The Bertz CT molecular complexity index is 629. The van der Waals surface area contributed by atoms with Crippen molar-refractivity contribution in [3.05, 3.63) is 23.5 Å². The molecular formula is C13H19FN2O4S. The summed E-state index contributed by atoms with van der Waals surface area (Å²) in [6.45, 7) is 4.41. The number of amides is 1. The number of sulfonamides is 1. The molecule has 1 aromatic carbocycles. The van der Waals surface area contributed by atoms with Crippen LogP contribution in [-0.4, -0.2) is 28.0 Å². The molecule has 0 fully saturated rings. The fourth-order valence-corrected chi connectivity index (χ4v) is 2.42. The predicted octanol–water partition coefficient (Wildman–Crippen LogP) is 1.26. The molecule has 0 heterocycles. The third kappa shape index (κ3) is 4.68. The van der Waals surface area contributed by atoms with Crippen molar-refractivity contribution in [2.45, 2.75) is 25.2 Å². The number of benzene rings is 1. The van der Waals surface area contributed by atoms with Crippen molar-refractivity contribution in [2.24, 2.45) is 11.1 Å². The molecule has 0 unspecified atom stereocenters. The van der Waals surface area contributed by atoms with Crippen molar-refractivity contribution in [1.29, 1.82) is 0 Å². The second-order valence-corrected chi connectivity index (χ2v) is 6.50. The molecule has 3 N–H and O–H groups in total. The summed E-state index contributed by atoms with van der Waals surface area (Å²) in [5.74, 6) is -1.63. The van der Waals surface area contributed by atoms with Crippen LogP contribution in [0, 0.1) is 11.7 Å². The fraction of sp³-hybridized carbons (Fsp3) is 0.462. The van der Waals surface area contributed by atoms with Gasteiger partial charge in [-0.25, -0.2) is 17.9 Å². The van der Waals surface area contributed by atoms with E-state index in [-0.39, 0.29) is 5.56 Å². The van der Waals surface area contributed by atoms with Crippen LogP contribution < -0.4 is 15.2 Å². The number of hydrogen-bond acceptors (Lipinski definition) is 4. The van der Waals surface area contributed by atoms with Crippen LogP contribution in [0.1, 0.15) is 30.6 Å². The van der Waals surface area contributed by atoms with Gasteiger partial charge in [-0.15, -0.1) is 0 Å². The standard InChI is InChI=1S/C13H19FN2O4S/c1-8(2)4-5-16-13(17)9-6-10(14)12(20-3)11(7-9)21(15,18)19/h6-8H,4-5H2,1-3H3,(H,16,17)(H2,15,18,19). The van der Waals surface area contributed by atoms with E-state index in [1.165, 1.54) is 0 Å². The molecule has 0 radical (unpaired) electrons. The molecule has 8 heteroatoms. The van der Waals surface area contributed by atoms with Crippen LogP contribution in [0.2, 0.25) is 0 Å². The number of halogens is 1. The van der Waals surface area contributed by atoms with Crippen LogP contribution in [0.15, 0.2) is 17.0 Å². The quantitative estimate of drug-likeness (QED) is 0.825. The van der Waals surface area contributed by atoms with E-state index in [1.807, 2.05) is 13.8 Å². The van der Waals surface area contributed by atoms with E-state index in [9.17, 15) is 17.6 Å². The van der Waals surface area contributed by atoms with E-state index in [0.717, 1.165) is 25.7 Å². The molecule has 0 aromatic heterocycles. The normalized spacial score (nSPS) is 11.5. The summed E-state index contributed by atoms with van der Waals surface area (Å²) in [4.78, 5) is 11.3. The molecule has 21 heavy (non-hydrogen) atoms. The van der Waals surface area contributed by atoms with E-state index in [1.54, 1.807) is 0 Å². The zero-order valence-electron chi connectivity index (χ0n) is 12.1. The van der Waals surface area contributed by atoms with Crippen LogP contribution in [-0.2, 0) is 10.0 Å². The first-order chi connectivity index (χ1) is 9.66. The monoisotopic (exact) mass is 318 g/mol. The first kappa shape index (κ1) is 17.4. The zero-order valence-corrected chi connectivity index (χ0v) is 13.0. The van der Waals surface area contributed by atoms with Crippen LogP contribution in [0.5, 0.6) is 5.75 Å². The molecule has 0 aliphatic carbocycles. The topological polar surface area (TPSA) is 98.5 Å². The Morgan fingerprint density at radius 1 is 1.43 bits per heavy atom. The molecule has 0 spiro atoms. The smallest absolute Gasteiger partial charge is 0.251 e. The van der Waals surface area contributed by atoms with Gasteiger partial charge in [0.25, 0.3) is 5.91 Å². The Labute approximate surface area is 123 Å². The molecule has 1 rings (SSSR count). The summed E-state index contributed by atoms with van der Waals surface area (Å²) < 4.78 is 41.4. The molecule has 0 aliphatic rings. The number of rotatable bonds is 6. The van der Waals surface area contributed by atoms with E-state index in [4.69, 9.17) is 5.14 Å². The highest BCUT2D eigenvalue weighted by molar-refractivity contribution is 7.89. The van der Waals surface area contributed by atoms with Crippen LogP contribution in [0.25, 0.3) is 0 Å².